The maximum atomic E-state index is 12.7. The molecule has 1 atom stereocenters. The largest absolute Gasteiger partial charge is 0.385 e. The smallest absolute Gasteiger partial charge is 0.199 e. The van der Waals surface area contributed by atoms with Gasteiger partial charge in [0.15, 0.2) is 10.8 Å². The summed E-state index contributed by atoms with van der Waals surface area (Å²) in [5.74, 6) is 0.966. The van der Waals surface area contributed by atoms with Crippen molar-refractivity contribution in [3.63, 3.8) is 0 Å². The van der Waals surface area contributed by atoms with E-state index in [0.717, 1.165) is 28.9 Å². The van der Waals surface area contributed by atoms with Crippen molar-refractivity contribution in [3.8, 4) is 0 Å². The molecular weight excluding hydrogens is 320 g/mol. The highest BCUT2D eigenvalue weighted by atomic mass is 32.2. The van der Waals surface area contributed by atoms with Crippen LogP contribution in [0.25, 0.3) is 11.2 Å². The SMILES string of the molecule is Cc1ccc(NCC(C)C)c(CS(=O)c2nc3ncccc3[nH]2)c1. The molecule has 0 radical (unpaired) electrons. The van der Waals surface area contributed by atoms with Crippen LogP contribution in [0.1, 0.15) is 25.0 Å². The fourth-order valence-electron chi connectivity index (χ4n) is 2.47. The van der Waals surface area contributed by atoms with Gasteiger partial charge in [0.25, 0.3) is 0 Å². The van der Waals surface area contributed by atoms with Crippen molar-refractivity contribution in [2.75, 3.05) is 11.9 Å². The van der Waals surface area contributed by atoms with Crippen molar-refractivity contribution in [2.45, 2.75) is 31.7 Å². The van der Waals surface area contributed by atoms with Crippen molar-refractivity contribution in [1.82, 2.24) is 15.0 Å². The lowest BCUT2D eigenvalue weighted by atomic mass is 10.1. The van der Waals surface area contributed by atoms with Crippen LogP contribution in [0.5, 0.6) is 0 Å². The number of hydrogen-bond donors (Lipinski definition) is 2. The molecule has 2 aromatic heterocycles. The molecule has 126 valence electrons. The van der Waals surface area contributed by atoms with Crippen LogP contribution < -0.4 is 5.32 Å². The number of pyridine rings is 1. The Kier molecular flexibility index (Phi) is 4.94. The molecule has 2 N–H and O–H groups in total. The fourth-order valence-corrected chi connectivity index (χ4v) is 3.54. The number of imidazole rings is 1. The Morgan fingerprint density at radius 3 is 2.88 bits per heavy atom. The van der Waals surface area contributed by atoms with E-state index in [1.807, 2.05) is 19.1 Å². The third-order valence-corrected chi connectivity index (χ3v) is 4.90. The van der Waals surface area contributed by atoms with Gasteiger partial charge < -0.3 is 10.3 Å². The van der Waals surface area contributed by atoms with E-state index in [4.69, 9.17) is 0 Å². The van der Waals surface area contributed by atoms with E-state index in [-0.39, 0.29) is 0 Å². The summed E-state index contributed by atoms with van der Waals surface area (Å²) in [5, 5.41) is 3.92. The zero-order valence-corrected chi connectivity index (χ0v) is 15.0. The molecule has 0 saturated carbocycles. The zero-order chi connectivity index (χ0) is 17.1. The van der Waals surface area contributed by atoms with Crippen LogP contribution in [0.3, 0.4) is 0 Å². The van der Waals surface area contributed by atoms with Crippen LogP contribution >= 0.6 is 0 Å². The number of rotatable bonds is 6. The van der Waals surface area contributed by atoms with Gasteiger partial charge in [-0.3, -0.25) is 4.21 Å². The van der Waals surface area contributed by atoms with Crippen LogP contribution in [0.2, 0.25) is 0 Å². The molecule has 3 rings (SSSR count). The molecule has 0 bridgehead atoms. The van der Waals surface area contributed by atoms with E-state index in [1.165, 1.54) is 0 Å². The summed E-state index contributed by atoms with van der Waals surface area (Å²) >= 11 is 0. The lowest BCUT2D eigenvalue weighted by Gasteiger charge is -2.14. The molecular formula is C18H22N4OS. The Bertz CT molecular complexity index is 839. The molecule has 0 fully saturated rings. The van der Waals surface area contributed by atoms with Gasteiger partial charge in [-0.05, 0) is 36.6 Å². The zero-order valence-electron chi connectivity index (χ0n) is 14.2. The van der Waals surface area contributed by atoms with E-state index in [1.54, 1.807) is 6.20 Å². The molecule has 0 spiro atoms. The molecule has 24 heavy (non-hydrogen) atoms. The van der Waals surface area contributed by atoms with Crippen LogP contribution in [0, 0.1) is 12.8 Å². The van der Waals surface area contributed by atoms with Crippen LogP contribution in [0.15, 0.2) is 41.7 Å². The summed E-state index contributed by atoms with van der Waals surface area (Å²) in [7, 11) is -1.25. The van der Waals surface area contributed by atoms with Crippen molar-refractivity contribution in [3.05, 3.63) is 47.7 Å². The average Bonchev–Trinajstić information content (AvgIpc) is 2.98. The Balaban J connectivity index is 1.83. The van der Waals surface area contributed by atoms with Gasteiger partial charge in [-0.25, -0.2) is 9.97 Å². The van der Waals surface area contributed by atoms with Crippen molar-refractivity contribution >= 4 is 27.7 Å². The minimum absolute atomic E-state index is 0.419. The van der Waals surface area contributed by atoms with E-state index < -0.39 is 10.8 Å². The first-order valence-corrected chi connectivity index (χ1v) is 9.37. The number of fused-ring (bicyclic) bond motifs is 1. The Hall–Kier alpha value is -2.21. The molecule has 3 aromatic rings. The number of anilines is 1. The van der Waals surface area contributed by atoms with Gasteiger partial charge in [-0.1, -0.05) is 31.5 Å². The van der Waals surface area contributed by atoms with Crippen molar-refractivity contribution in [2.24, 2.45) is 5.92 Å². The first-order chi connectivity index (χ1) is 11.5. The number of aromatic amines is 1. The summed E-state index contributed by atoms with van der Waals surface area (Å²) in [6, 6.07) is 9.94. The number of nitrogens with zero attached hydrogens (tertiary/aromatic N) is 2. The molecule has 2 heterocycles. The molecule has 0 aliphatic rings. The van der Waals surface area contributed by atoms with Gasteiger partial charge in [0.05, 0.1) is 22.1 Å². The maximum Gasteiger partial charge on any atom is 0.199 e. The quantitative estimate of drug-likeness (QED) is 0.717. The highest BCUT2D eigenvalue weighted by molar-refractivity contribution is 7.84. The summed E-state index contributed by atoms with van der Waals surface area (Å²) < 4.78 is 12.7. The maximum absolute atomic E-state index is 12.7. The van der Waals surface area contributed by atoms with Gasteiger partial charge in [0.2, 0.25) is 0 Å². The van der Waals surface area contributed by atoms with Gasteiger partial charge in [-0.2, -0.15) is 0 Å². The van der Waals surface area contributed by atoms with Gasteiger partial charge in [0.1, 0.15) is 0 Å². The minimum atomic E-state index is -1.25. The Morgan fingerprint density at radius 2 is 2.12 bits per heavy atom. The minimum Gasteiger partial charge on any atom is -0.385 e. The molecule has 1 unspecified atom stereocenters. The third kappa shape index (κ3) is 3.82. The number of aromatic nitrogens is 3. The van der Waals surface area contributed by atoms with Gasteiger partial charge in [0, 0.05) is 18.4 Å². The second kappa shape index (κ2) is 7.13. The number of hydrogen-bond acceptors (Lipinski definition) is 4. The van der Waals surface area contributed by atoms with E-state index in [9.17, 15) is 4.21 Å². The summed E-state index contributed by atoms with van der Waals surface area (Å²) in [4.78, 5) is 11.6. The Labute approximate surface area is 144 Å². The predicted octanol–water partition coefficient (Wildman–Crippen LogP) is 3.64. The van der Waals surface area contributed by atoms with E-state index in [0.29, 0.717) is 22.5 Å². The lowest BCUT2D eigenvalue weighted by molar-refractivity contribution is 0.677. The predicted molar refractivity (Wildman–Crippen MR) is 98.5 cm³/mol. The highest BCUT2D eigenvalue weighted by Gasteiger charge is 2.14. The van der Waals surface area contributed by atoms with Crippen molar-refractivity contribution < 1.29 is 4.21 Å². The summed E-state index contributed by atoms with van der Waals surface area (Å²) in [6.07, 6.45) is 1.68. The van der Waals surface area contributed by atoms with E-state index >= 15 is 0 Å². The molecule has 0 aliphatic carbocycles. The second-order valence-electron chi connectivity index (χ2n) is 6.34. The first-order valence-electron chi connectivity index (χ1n) is 8.05. The number of benzene rings is 1. The number of aryl methyl sites for hydroxylation is 1. The van der Waals surface area contributed by atoms with Crippen LogP contribution in [0.4, 0.5) is 5.69 Å². The molecule has 6 heteroatoms. The highest BCUT2D eigenvalue weighted by Crippen LogP contribution is 2.22. The normalized spacial score (nSPS) is 12.7. The molecule has 1 aromatic carbocycles. The van der Waals surface area contributed by atoms with Crippen molar-refractivity contribution in [1.29, 1.82) is 0 Å². The number of nitrogens with one attached hydrogen (secondary N) is 2. The number of H-pyrrole nitrogens is 1. The van der Waals surface area contributed by atoms with Gasteiger partial charge in [-0.15, -0.1) is 0 Å². The second-order valence-corrected chi connectivity index (χ2v) is 7.71. The van der Waals surface area contributed by atoms with Crippen LogP contribution in [-0.2, 0) is 16.6 Å². The van der Waals surface area contributed by atoms with Crippen LogP contribution in [-0.4, -0.2) is 25.7 Å². The molecule has 0 aliphatic heterocycles. The fraction of sp³-hybridized carbons (Fsp3) is 0.333. The van der Waals surface area contributed by atoms with Gasteiger partial charge >= 0.3 is 0 Å². The molecule has 0 saturated heterocycles. The average molecular weight is 342 g/mol. The van der Waals surface area contributed by atoms with E-state index in [2.05, 4.69) is 52.3 Å². The third-order valence-electron chi connectivity index (χ3n) is 3.70. The molecule has 5 nitrogen and oxygen atoms in total. The molecule has 0 amide bonds. The summed E-state index contributed by atoms with van der Waals surface area (Å²) in [6.45, 7) is 7.27. The topological polar surface area (TPSA) is 70.7 Å². The summed E-state index contributed by atoms with van der Waals surface area (Å²) in [5.41, 5.74) is 4.65. The standard InChI is InChI=1S/C18H22N4OS/c1-12(2)10-20-15-7-6-13(3)9-14(15)11-24(23)18-21-16-5-4-8-19-17(16)22-18/h4-9,12,20H,10-11H2,1-3H3,(H,19,21,22). The monoisotopic (exact) mass is 342 g/mol. The lowest BCUT2D eigenvalue weighted by Crippen LogP contribution is -2.11. The Morgan fingerprint density at radius 1 is 1.29 bits per heavy atom. The first kappa shape index (κ1) is 16.6.